The highest BCUT2D eigenvalue weighted by Crippen LogP contribution is 2.32. The Kier molecular flexibility index (Phi) is 9.70. The third-order valence-electron chi connectivity index (χ3n) is 6.00. The second-order valence-corrected chi connectivity index (χ2v) is 8.45. The molecule has 0 bridgehead atoms. The van der Waals surface area contributed by atoms with Gasteiger partial charge < -0.3 is 25.8 Å². The first-order valence-corrected chi connectivity index (χ1v) is 11.9. The van der Waals surface area contributed by atoms with Gasteiger partial charge in [-0.05, 0) is 61.5 Å². The fourth-order valence-corrected chi connectivity index (χ4v) is 3.70. The Balaban J connectivity index is 1.69. The lowest BCUT2D eigenvalue weighted by molar-refractivity contribution is 0.102. The first kappa shape index (κ1) is 27.8. The van der Waals surface area contributed by atoms with Crippen LogP contribution >= 0.6 is 0 Å². The Morgan fingerprint density at radius 1 is 1.11 bits per heavy atom. The minimum atomic E-state index is -0.753. The topological polar surface area (TPSA) is 117 Å². The van der Waals surface area contributed by atoms with Crippen LogP contribution in [0, 0.1) is 12.7 Å². The van der Waals surface area contributed by atoms with Crippen molar-refractivity contribution in [3.05, 3.63) is 65.2 Å². The lowest BCUT2D eigenvalue weighted by Crippen LogP contribution is -2.34. The molecule has 9 nitrogen and oxygen atoms in total. The molecule has 0 fully saturated rings. The molecule has 0 aliphatic heterocycles. The van der Waals surface area contributed by atoms with Gasteiger partial charge in [-0.2, -0.15) is 4.98 Å². The van der Waals surface area contributed by atoms with Crippen molar-refractivity contribution < 1.29 is 23.4 Å². The predicted octanol–water partition coefficient (Wildman–Crippen LogP) is 4.33. The van der Waals surface area contributed by atoms with Crippen molar-refractivity contribution in [1.29, 1.82) is 0 Å². The van der Waals surface area contributed by atoms with Crippen LogP contribution in [0.2, 0.25) is 0 Å². The van der Waals surface area contributed by atoms with Crippen molar-refractivity contribution in [2.75, 3.05) is 44.0 Å². The number of nitrogen functional groups attached to an aromatic ring is 1. The van der Waals surface area contributed by atoms with Gasteiger partial charge in [0.2, 0.25) is 5.75 Å². The van der Waals surface area contributed by atoms with E-state index in [1.54, 1.807) is 17.0 Å². The smallest absolute Gasteiger partial charge is 0.267 e. The first-order chi connectivity index (χ1) is 17.7. The number of nitrogens with two attached hydrogens (primary N) is 1. The summed E-state index contributed by atoms with van der Waals surface area (Å²) >= 11 is 0. The monoisotopic (exact) mass is 514 g/mol. The van der Waals surface area contributed by atoms with Crippen LogP contribution in [0.5, 0.6) is 17.4 Å². The molecule has 198 valence electrons. The molecule has 11 heteroatoms. The number of hydrogen-bond donors (Lipinski definition) is 3. The third kappa shape index (κ3) is 7.34. The Bertz CT molecular complexity index is 1220. The van der Waals surface area contributed by atoms with Crippen molar-refractivity contribution >= 4 is 17.4 Å². The number of hydrogen-bond acceptors (Lipinski definition) is 8. The quantitative estimate of drug-likeness (QED) is 0.306. The number of halogens is 2. The number of carbonyl (C=O) groups is 1. The van der Waals surface area contributed by atoms with E-state index in [9.17, 15) is 18.7 Å². The molecule has 1 amide bonds. The van der Waals surface area contributed by atoms with Crippen molar-refractivity contribution in [3.63, 3.8) is 0 Å². The molecule has 4 N–H and O–H groups in total. The standard InChI is InChI=1S/C26H32F2N6O3/c1-4-33(5-2)10-11-34(15-27)14-18-6-7-19(12-17(18)3)32-25(36)21-13-20(8-9-22(21)28)37-26-23(35)24(29)30-16-31-26/h6-9,12-13,16,35H,4-5,10-11,14-15H2,1-3H3,(H,32,36)(H2,29,30,31). The zero-order chi connectivity index (χ0) is 26.9. The maximum Gasteiger partial charge on any atom is 0.267 e. The number of amides is 1. The van der Waals surface area contributed by atoms with E-state index in [1.807, 2.05) is 13.0 Å². The molecule has 1 aromatic heterocycles. The van der Waals surface area contributed by atoms with Crippen LogP contribution < -0.4 is 15.8 Å². The summed E-state index contributed by atoms with van der Waals surface area (Å²) in [6, 6.07) is 8.83. The zero-order valence-corrected chi connectivity index (χ0v) is 21.2. The Morgan fingerprint density at radius 3 is 2.51 bits per heavy atom. The van der Waals surface area contributed by atoms with Gasteiger partial charge in [0.05, 0.1) is 5.56 Å². The first-order valence-electron chi connectivity index (χ1n) is 11.9. The number of aromatic nitrogens is 2. The minimum absolute atomic E-state index is 0.0718. The summed E-state index contributed by atoms with van der Waals surface area (Å²) in [6.45, 7) is 9.12. The van der Waals surface area contributed by atoms with Crippen molar-refractivity contribution in [1.82, 2.24) is 19.8 Å². The van der Waals surface area contributed by atoms with Crippen LogP contribution in [0.25, 0.3) is 0 Å². The number of likely N-dealkylation sites (N-methyl/N-ethyl adjacent to an activating group) is 1. The maximum absolute atomic E-state index is 14.5. The highest BCUT2D eigenvalue weighted by atomic mass is 19.1. The Hall–Kier alpha value is -3.83. The number of anilines is 2. The summed E-state index contributed by atoms with van der Waals surface area (Å²) in [5.41, 5.74) is 7.53. The Labute approximate surface area is 214 Å². The number of benzene rings is 2. The van der Waals surface area contributed by atoms with Gasteiger partial charge in [0, 0.05) is 25.3 Å². The minimum Gasteiger partial charge on any atom is -0.501 e. The molecule has 0 saturated heterocycles. The molecule has 0 saturated carbocycles. The number of nitrogens with zero attached hydrogens (tertiary/aromatic N) is 4. The van der Waals surface area contributed by atoms with E-state index < -0.39 is 24.3 Å². The summed E-state index contributed by atoms with van der Waals surface area (Å²) in [6.07, 6.45) is 1.10. The van der Waals surface area contributed by atoms with Crippen LogP contribution in [0.1, 0.15) is 35.3 Å². The van der Waals surface area contributed by atoms with Crippen LogP contribution in [-0.2, 0) is 6.54 Å². The average molecular weight is 515 g/mol. The van der Waals surface area contributed by atoms with E-state index in [4.69, 9.17) is 10.5 Å². The van der Waals surface area contributed by atoms with Crippen LogP contribution in [0.4, 0.5) is 20.3 Å². The van der Waals surface area contributed by atoms with Gasteiger partial charge in [-0.3, -0.25) is 9.69 Å². The number of carbonyl (C=O) groups excluding carboxylic acids is 1. The fourth-order valence-electron chi connectivity index (χ4n) is 3.70. The van der Waals surface area contributed by atoms with Crippen LogP contribution in [0.15, 0.2) is 42.7 Å². The summed E-state index contributed by atoms with van der Waals surface area (Å²) < 4.78 is 33.5. The summed E-state index contributed by atoms with van der Waals surface area (Å²) in [5.74, 6) is -2.24. The second kappa shape index (κ2) is 12.9. The van der Waals surface area contributed by atoms with Crippen molar-refractivity contribution in [2.45, 2.75) is 27.3 Å². The number of aromatic hydroxyl groups is 1. The lowest BCUT2D eigenvalue weighted by atomic mass is 10.1. The normalized spacial score (nSPS) is 11.2. The highest BCUT2D eigenvalue weighted by molar-refractivity contribution is 6.04. The largest absolute Gasteiger partial charge is 0.501 e. The van der Waals surface area contributed by atoms with Gasteiger partial charge in [-0.1, -0.05) is 19.9 Å². The number of ether oxygens (including phenoxy) is 1. The van der Waals surface area contributed by atoms with Gasteiger partial charge in [0.15, 0.2) is 5.82 Å². The van der Waals surface area contributed by atoms with E-state index in [0.717, 1.165) is 43.2 Å². The molecule has 0 radical (unpaired) electrons. The van der Waals surface area contributed by atoms with Gasteiger partial charge >= 0.3 is 0 Å². The average Bonchev–Trinajstić information content (AvgIpc) is 2.88. The van der Waals surface area contributed by atoms with Gasteiger partial charge in [0.1, 0.15) is 24.7 Å². The number of aryl methyl sites for hydroxylation is 1. The molecule has 1 heterocycles. The molecule has 37 heavy (non-hydrogen) atoms. The molecular weight excluding hydrogens is 482 g/mol. The van der Waals surface area contributed by atoms with E-state index >= 15 is 0 Å². The molecule has 0 spiro atoms. The zero-order valence-electron chi connectivity index (χ0n) is 21.2. The van der Waals surface area contributed by atoms with Crippen molar-refractivity contribution in [3.8, 4) is 17.4 Å². The second-order valence-electron chi connectivity index (χ2n) is 8.45. The van der Waals surface area contributed by atoms with E-state index in [0.29, 0.717) is 18.8 Å². The molecular formula is C26H32F2N6O3. The number of nitrogens with one attached hydrogen (secondary N) is 1. The Morgan fingerprint density at radius 2 is 1.84 bits per heavy atom. The summed E-state index contributed by atoms with van der Waals surface area (Å²) in [4.78, 5) is 24.2. The van der Waals surface area contributed by atoms with Gasteiger partial charge in [0.25, 0.3) is 11.8 Å². The molecule has 0 aliphatic rings. The number of alkyl halides is 1. The molecule has 0 unspecified atom stereocenters. The van der Waals surface area contributed by atoms with Crippen LogP contribution in [-0.4, -0.2) is 63.8 Å². The highest BCUT2D eigenvalue weighted by Gasteiger charge is 2.17. The van der Waals surface area contributed by atoms with Gasteiger partial charge in [-0.25, -0.2) is 13.8 Å². The molecule has 3 aromatic rings. The van der Waals surface area contributed by atoms with E-state index in [2.05, 4.69) is 34.0 Å². The van der Waals surface area contributed by atoms with E-state index in [-0.39, 0.29) is 23.0 Å². The maximum atomic E-state index is 14.5. The lowest BCUT2D eigenvalue weighted by Gasteiger charge is -2.24. The van der Waals surface area contributed by atoms with Crippen LogP contribution in [0.3, 0.4) is 0 Å². The van der Waals surface area contributed by atoms with E-state index in [1.165, 1.54) is 12.1 Å². The number of rotatable bonds is 12. The van der Waals surface area contributed by atoms with Crippen molar-refractivity contribution in [2.24, 2.45) is 0 Å². The van der Waals surface area contributed by atoms with Gasteiger partial charge in [-0.15, -0.1) is 0 Å². The SMILES string of the molecule is CCN(CC)CCN(CF)Cc1ccc(NC(=O)c2cc(Oc3ncnc(N)c3O)ccc2F)cc1C. The molecule has 0 aliphatic carbocycles. The molecule has 0 atom stereocenters. The third-order valence-corrected chi connectivity index (χ3v) is 6.00. The summed E-state index contributed by atoms with van der Waals surface area (Å²) in [5, 5.41) is 12.6. The molecule has 2 aromatic carbocycles. The summed E-state index contributed by atoms with van der Waals surface area (Å²) in [7, 11) is 0. The molecule has 3 rings (SSSR count). The predicted molar refractivity (Wildman–Crippen MR) is 138 cm³/mol. The fraction of sp³-hybridized carbons (Fsp3) is 0.346.